The van der Waals surface area contributed by atoms with E-state index >= 15 is 0 Å². The Kier molecular flexibility index (Phi) is 9.73. The van der Waals surface area contributed by atoms with E-state index in [1.165, 1.54) is 0 Å². The molecule has 0 fully saturated rings. The van der Waals surface area contributed by atoms with Crippen LogP contribution in [0.2, 0.25) is 0 Å². The van der Waals surface area contributed by atoms with Gasteiger partial charge in [0, 0.05) is 53.2 Å². The summed E-state index contributed by atoms with van der Waals surface area (Å²) < 4.78 is 4.33. The summed E-state index contributed by atoms with van der Waals surface area (Å²) in [4.78, 5) is 36.0. The van der Waals surface area contributed by atoms with Crippen LogP contribution in [0.5, 0.6) is 0 Å². The number of anilines is 15. The summed E-state index contributed by atoms with van der Waals surface area (Å²) in [5.74, 6) is 1.43. The molecule has 3 aliphatic heterocycles. The lowest BCUT2D eigenvalue weighted by Gasteiger charge is -2.46. The molecule has 12 heteroatoms. The van der Waals surface area contributed by atoms with Crippen molar-refractivity contribution in [3.63, 3.8) is 0 Å². The van der Waals surface area contributed by atoms with Gasteiger partial charge in [-0.3, -0.25) is 0 Å². The Morgan fingerprint density at radius 2 is 0.558 bits per heavy atom. The fourth-order valence-electron chi connectivity index (χ4n) is 12.3. The van der Waals surface area contributed by atoms with E-state index in [2.05, 4.69) is 262 Å². The number of benzene rings is 8. The van der Waals surface area contributed by atoms with Crippen LogP contribution in [0.1, 0.15) is 0 Å². The summed E-state index contributed by atoms with van der Waals surface area (Å²) in [6.07, 6.45) is 3.70. The summed E-state index contributed by atoms with van der Waals surface area (Å²) in [7, 11) is 10.7. The second kappa shape index (κ2) is 16.9. The highest BCUT2D eigenvalue weighted by molar-refractivity contribution is 6.21. The minimum absolute atomic E-state index is 0.714. The first-order chi connectivity index (χ1) is 37.9. The summed E-state index contributed by atoms with van der Waals surface area (Å²) in [5, 5.41) is 0. The predicted molar refractivity (Wildman–Crippen MR) is 315 cm³/mol. The highest BCUT2D eigenvalue weighted by atomic mass is 15.3. The normalized spacial score (nSPS) is 13.4. The second-order valence-corrected chi connectivity index (χ2v) is 19.8. The van der Waals surface area contributed by atoms with Crippen molar-refractivity contribution >= 4 is 108 Å². The largest absolute Gasteiger partial charge is 0.341 e. The second-order valence-electron chi connectivity index (χ2n) is 19.8. The van der Waals surface area contributed by atoms with Gasteiger partial charge in [-0.25, -0.2) is 19.9 Å². The van der Waals surface area contributed by atoms with Crippen molar-refractivity contribution in [1.82, 2.24) is 29.1 Å². The minimum atomic E-state index is 0.714. The van der Waals surface area contributed by atoms with Crippen molar-refractivity contribution in [3.05, 3.63) is 213 Å². The molecule has 0 radical (unpaired) electrons. The van der Waals surface area contributed by atoms with Crippen molar-refractivity contribution < 1.29 is 0 Å². The lowest BCUT2D eigenvalue weighted by molar-refractivity contribution is 0.930. The summed E-state index contributed by atoms with van der Waals surface area (Å²) in [6.45, 7) is 0. The molecule has 0 amide bonds. The zero-order valence-electron chi connectivity index (χ0n) is 43.1. The van der Waals surface area contributed by atoms with E-state index in [0.29, 0.717) is 5.82 Å². The van der Waals surface area contributed by atoms with Crippen molar-refractivity contribution in [3.8, 4) is 33.9 Å². The zero-order chi connectivity index (χ0) is 51.6. The Morgan fingerprint density at radius 1 is 0.273 bits per heavy atom. The molecule has 0 aliphatic carbocycles. The quantitative estimate of drug-likeness (QED) is 0.161. The number of hydrogen-bond donors (Lipinski definition) is 0. The third-order valence-corrected chi connectivity index (χ3v) is 15.8. The number of aromatic nitrogens is 6. The van der Waals surface area contributed by atoms with E-state index < -0.39 is 0 Å². The molecule has 3 aliphatic rings. The molecule has 0 saturated heterocycles. The molecule has 7 heterocycles. The van der Waals surface area contributed by atoms with Crippen molar-refractivity contribution in [2.75, 3.05) is 50.5 Å². The molecule has 0 N–H and O–H groups in total. The number of para-hydroxylation sites is 12. The van der Waals surface area contributed by atoms with Gasteiger partial charge in [-0.05, 0) is 103 Å². The number of fused-ring (bicyclic) bond motifs is 8. The Morgan fingerprint density at radius 3 is 0.896 bits per heavy atom. The van der Waals surface area contributed by atoms with Gasteiger partial charge in [0.2, 0.25) is 0 Å². The standard InChI is InChI=1S/C65H50N12/c1-70-44-27-9-15-33-50(44)75(51-34-16-10-28-45(51)70)59-56(41-23-7-6-8-24-41)60(76-52-35-17-11-29-46(52)71(2)47-30-12-18-36-53(47)76)61(77-54-37-19-13-31-48(54)72(3)49-32-14-20-38-55(49)77)58(65-69-43-26-22-40-67-63(43)74(65)5)57(59)64-68-42-25-21-39-66-62(42)73(64)4/h6-40H,1-5H3. The third kappa shape index (κ3) is 6.32. The van der Waals surface area contributed by atoms with Gasteiger partial charge in [0.15, 0.2) is 11.3 Å². The molecule has 8 aromatic carbocycles. The van der Waals surface area contributed by atoms with E-state index in [1.54, 1.807) is 0 Å². The van der Waals surface area contributed by atoms with Gasteiger partial charge < -0.3 is 38.5 Å². The molecule has 0 saturated carbocycles. The third-order valence-electron chi connectivity index (χ3n) is 15.8. The van der Waals surface area contributed by atoms with Gasteiger partial charge in [0.05, 0.1) is 96.4 Å². The first kappa shape index (κ1) is 44.3. The first-order valence-electron chi connectivity index (χ1n) is 25.9. The van der Waals surface area contributed by atoms with E-state index in [0.717, 1.165) is 136 Å². The van der Waals surface area contributed by atoms with Gasteiger partial charge in [-0.1, -0.05) is 103 Å². The predicted octanol–water partition coefficient (Wildman–Crippen LogP) is 15.9. The number of aryl methyl sites for hydroxylation is 2. The maximum atomic E-state index is 5.77. The lowest BCUT2D eigenvalue weighted by atomic mass is 9.86. The fourth-order valence-corrected chi connectivity index (χ4v) is 12.3. The number of hydrogen-bond acceptors (Lipinski definition) is 10. The maximum Gasteiger partial charge on any atom is 0.160 e. The molecular formula is C65H50N12. The Bertz CT molecular complexity index is 4230. The number of nitrogens with zero attached hydrogens (tertiary/aromatic N) is 12. The Balaban J connectivity index is 1.28. The van der Waals surface area contributed by atoms with E-state index in [4.69, 9.17) is 19.9 Å². The molecule has 0 atom stereocenters. The van der Waals surface area contributed by atoms with Gasteiger partial charge in [0.1, 0.15) is 22.7 Å². The number of pyridine rings is 2. The fraction of sp³-hybridized carbons (Fsp3) is 0.0769. The topological polar surface area (TPSA) is 80.9 Å². The van der Waals surface area contributed by atoms with Crippen LogP contribution in [0.3, 0.4) is 0 Å². The summed E-state index contributed by atoms with van der Waals surface area (Å²) >= 11 is 0. The first-order valence-corrected chi connectivity index (χ1v) is 25.9. The number of rotatable bonds is 6. The molecule has 0 spiro atoms. The van der Waals surface area contributed by atoms with Crippen LogP contribution >= 0.6 is 0 Å². The Labute approximate surface area is 445 Å². The van der Waals surface area contributed by atoms with Gasteiger partial charge in [-0.2, -0.15) is 0 Å². The van der Waals surface area contributed by atoms with Crippen LogP contribution in [0, 0.1) is 0 Å². The summed E-state index contributed by atoms with van der Waals surface area (Å²) in [6, 6.07) is 71.5. The van der Waals surface area contributed by atoms with E-state index in [1.807, 2.05) is 24.5 Å². The average molecular weight is 999 g/mol. The number of imidazole rings is 2. The molecule has 15 rings (SSSR count). The molecule has 4 aromatic heterocycles. The Hall–Kier alpha value is -10.2. The molecule has 0 unspecified atom stereocenters. The highest BCUT2D eigenvalue weighted by Gasteiger charge is 2.44. The van der Waals surface area contributed by atoms with Gasteiger partial charge in [0.25, 0.3) is 0 Å². The molecule has 12 nitrogen and oxygen atoms in total. The smallest absolute Gasteiger partial charge is 0.160 e. The lowest BCUT2D eigenvalue weighted by Crippen LogP contribution is -2.30. The SMILES string of the molecule is CN1c2ccccc2N(c2c(-c3nc4cccnc4n3C)c(-c3nc4cccnc4n3C)c(N3c4ccccc4N(C)c4ccccc43)c(N3c4ccccc4N(C)c4ccccc43)c2-c2ccccc2)c2ccccc21. The van der Waals surface area contributed by atoms with E-state index in [9.17, 15) is 0 Å². The van der Waals surface area contributed by atoms with Crippen molar-refractivity contribution in [1.29, 1.82) is 0 Å². The van der Waals surface area contributed by atoms with Gasteiger partial charge in [-0.15, -0.1) is 0 Å². The zero-order valence-corrected chi connectivity index (χ0v) is 43.1. The highest BCUT2D eigenvalue weighted by Crippen LogP contribution is 2.67. The summed E-state index contributed by atoms with van der Waals surface area (Å²) in [5.41, 5.74) is 21.9. The van der Waals surface area contributed by atoms with Crippen molar-refractivity contribution in [2.24, 2.45) is 14.1 Å². The van der Waals surface area contributed by atoms with Crippen LogP contribution in [-0.4, -0.2) is 50.2 Å². The average Bonchev–Trinajstić information content (AvgIpc) is 4.17. The molecule has 0 bridgehead atoms. The van der Waals surface area contributed by atoms with Crippen LogP contribution in [-0.2, 0) is 14.1 Å². The molecule has 77 heavy (non-hydrogen) atoms. The van der Waals surface area contributed by atoms with Crippen molar-refractivity contribution in [2.45, 2.75) is 0 Å². The van der Waals surface area contributed by atoms with Crippen LogP contribution in [0.15, 0.2) is 213 Å². The van der Waals surface area contributed by atoms with Crippen LogP contribution < -0.4 is 29.4 Å². The monoisotopic (exact) mass is 998 g/mol. The van der Waals surface area contributed by atoms with Crippen LogP contribution in [0.4, 0.5) is 85.3 Å². The maximum absolute atomic E-state index is 5.77. The molecule has 12 aromatic rings. The van der Waals surface area contributed by atoms with Crippen LogP contribution in [0.25, 0.3) is 56.2 Å². The van der Waals surface area contributed by atoms with E-state index in [-0.39, 0.29) is 0 Å². The molecule has 370 valence electrons. The molecular weight excluding hydrogens is 949 g/mol. The van der Waals surface area contributed by atoms with Gasteiger partial charge >= 0.3 is 0 Å². The minimum Gasteiger partial charge on any atom is -0.341 e.